The topological polar surface area (TPSA) is 17.1 Å². The number of unbranched alkanes of at least 4 members (excludes halogenated alkanes) is 18. The van der Waals surface area contributed by atoms with Crippen LogP contribution in [-0.2, 0) is 15.7 Å². The van der Waals surface area contributed by atoms with Crippen molar-refractivity contribution in [2.45, 2.75) is 181 Å². The number of ketones is 1. The van der Waals surface area contributed by atoms with Gasteiger partial charge in [-0.3, -0.25) is 4.79 Å². The Kier molecular flexibility index (Phi) is 16.4. The number of Topliss-reactive ketones (excluding diaryl/α,β-unsaturated/α-hetero) is 1. The van der Waals surface area contributed by atoms with Gasteiger partial charge in [0.25, 0.3) is 0 Å². The average Bonchev–Trinajstić information content (AvgIpc) is 2.89. The molecule has 0 aromatic carbocycles. The molecule has 4 fully saturated rings. The summed E-state index contributed by atoms with van der Waals surface area (Å²) in [4.78, 5) is 13.9. The molecule has 0 aromatic rings. The molecule has 38 heavy (non-hydrogen) atoms. The van der Waals surface area contributed by atoms with Gasteiger partial charge in [0.15, 0.2) is 11.5 Å². The summed E-state index contributed by atoms with van der Waals surface area (Å²) in [6.45, 7) is 4.61. The van der Waals surface area contributed by atoms with Crippen molar-refractivity contribution in [1.29, 1.82) is 0 Å². The first-order valence-corrected chi connectivity index (χ1v) is 19.6. The molecule has 0 N–H and O–H groups in total. The predicted octanol–water partition coefficient (Wildman–Crippen LogP) is 11.2. The Labute approximate surface area is 242 Å². The first-order chi connectivity index (χ1) is 18.6. The van der Waals surface area contributed by atoms with Crippen LogP contribution in [0.4, 0.5) is 0 Å². The third-order valence-corrected chi connectivity index (χ3v) is 12.9. The van der Waals surface area contributed by atoms with Crippen LogP contribution in [0.3, 0.4) is 0 Å². The van der Waals surface area contributed by atoms with Crippen LogP contribution in [0.15, 0.2) is 0 Å². The lowest BCUT2D eigenvalue weighted by molar-refractivity contribution is -0.141. The molecule has 0 heterocycles. The Hall–Kier alpha value is 0.0200. The highest BCUT2D eigenvalue weighted by Gasteiger charge is 2.55. The summed E-state index contributed by atoms with van der Waals surface area (Å²) in [6, 6.07) is 0. The zero-order valence-corrected chi connectivity index (χ0v) is 26.9. The van der Waals surface area contributed by atoms with Gasteiger partial charge in [0.1, 0.15) is 11.5 Å². The summed E-state index contributed by atoms with van der Waals surface area (Å²) in [7, 11) is 0.358. The van der Waals surface area contributed by atoms with E-state index in [-0.39, 0.29) is 5.41 Å². The molecule has 2 heteroatoms. The monoisotopic (exact) mass is 547 g/mol. The second-order valence-corrected chi connectivity index (χ2v) is 16.5. The molecular formula is C36H67OS+. The van der Waals surface area contributed by atoms with Gasteiger partial charge in [-0.1, -0.05) is 117 Å². The van der Waals surface area contributed by atoms with Gasteiger partial charge in [-0.25, -0.2) is 0 Å². The summed E-state index contributed by atoms with van der Waals surface area (Å²) in [5.74, 6) is 7.10. The quantitative estimate of drug-likeness (QED) is 0.0820. The third kappa shape index (κ3) is 11.9. The van der Waals surface area contributed by atoms with Crippen LogP contribution >= 0.6 is 0 Å². The Morgan fingerprint density at radius 1 is 0.526 bits per heavy atom. The van der Waals surface area contributed by atoms with Gasteiger partial charge >= 0.3 is 0 Å². The van der Waals surface area contributed by atoms with Gasteiger partial charge in [-0.05, 0) is 92.9 Å². The van der Waals surface area contributed by atoms with E-state index in [2.05, 4.69) is 13.8 Å². The molecule has 4 aliphatic carbocycles. The van der Waals surface area contributed by atoms with Crippen LogP contribution in [0.1, 0.15) is 181 Å². The van der Waals surface area contributed by atoms with E-state index in [1.807, 2.05) is 0 Å². The van der Waals surface area contributed by atoms with Crippen molar-refractivity contribution in [3.63, 3.8) is 0 Å². The molecule has 0 aromatic heterocycles. The zero-order valence-electron chi connectivity index (χ0n) is 26.1. The number of hydrogen-bond acceptors (Lipinski definition) is 1. The Morgan fingerprint density at radius 2 is 0.842 bits per heavy atom. The van der Waals surface area contributed by atoms with Crippen LogP contribution < -0.4 is 0 Å². The number of rotatable bonds is 25. The fourth-order valence-electron chi connectivity index (χ4n) is 8.62. The summed E-state index contributed by atoms with van der Waals surface area (Å²) < 4.78 is 0. The average molecular weight is 548 g/mol. The number of carbonyl (C=O) groups is 1. The molecule has 4 aliphatic rings. The summed E-state index contributed by atoms with van der Waals surface area (Å²) >= 11 is 0. The molecule has 0 atom stereocenters. The molecule has 1 nitrogen and oxygen atoms in total. The Balaban J connectivity index is 1.34. The minimum Gasteiger partial charge on any atom is -0.294 e. The van der Waals surface area contributed by atoms with Crippen LogP contribution in [0.5, 0.6) is 0 Å². The van der Waals surface area contributed by atoms with E-state index in [0.29, 0.717) is 10.9 Å². The maximum absolute atomic E-state index is 13.9. The van der Waals surface area contributed by atoms with E-state index in [0.717, 1.165) is 29.3 Å². The van der Waals surface area contributed by atoms with Crippen molar-refractivity contribution < 1.29 is 4.79 Å². The molecule has 4 saturated carbocycles. The standard InChI is InChI=1S/C36H67OS/c1-3-5-7-9-11-13-15-17-19-21-23-38(24-22-20-18-16-14-12-10-8-6-4-2)31-35(37)36-28-32-25-33(29-36)27-34(26-32)30-36/h32-34H,3-31H2,1-2H3/q+1. The lowest BCUT2D eigenvalue weighted by Crippen LogP contribution is -2.51. The van der Waals surface area contributed by atoms with Crippen LogP contribution in [0, 0.1) is 23.2 Å². The number of carbonyl (C=O) groups excluding carboxylic acids is 1. The van der Waals surface area contributed by atoms with Crippen molar-refractivity contribution in [1.82, 2.24) is 0 Å². The smallest absolute Gasteiger partial charge is 0.187 e. The van der Waals surface area contributed by atoms with Crippen molar-refractivity contribution in [3.8, 4) is 0 Å². The van der Waals surface area contributed by atoms with Crippen molar-refractivity contribution in [3.05, 3.63) is 0 Å². The lowest BCUT2D eigenvalue weighted by Gasteiger charge is -2.55. The summed E-state index contributed by atoms with van der Waals surface area (Å²) in [6.07, 6.45) is 36.6. The van der Waals surface area contributed by atoms with Crippen molar-refractivity contribution in [2.24, 2.45) is 23.2 Å². The molecule has 0 spiro atoms. The number of hydrogen-bond donors (Lipinski definition) is 0. The highest BCUT2D eigenvalue weighted by Crippen LogP contribution is 2.60. The van der Waals surface area contributed by atoms with Gasteiger partial charge in [-0.15, -0.1) is 0 Å². The predicted molar refractivity (Wildman–Crippen MR) is 171 cm³/mol. The van der Waals surface area contributed by atoms with E-state index in [4.69, 9.17) is 0 Å². The van der Waals surface area contributed by atoms with Crippen LogP contribution in [0.2, 0.25) is 0 Å². The Bertz CT molecular complexity index is 553. The molecule has 222 valence electrons. The van der Waals surface area contributed by atoms with Gasteiger partial charge < -0.3 is 0 Å². The first-order valence-electron chi connectivity index (χ1n) is 17.8. The Morgan fingerprint density at radius 3 is 1.18 bits per heavy atom. The highest BCUT2D eigenvalue weighted by molar-refractivity contribution is 7.97. The fraction of sp³-hybridized carbons (Fsp3) is 0.972. The summed E-state index contributed by atoms with van der Waals surface area (Å²) in [5, 5.41) is 0. The third-order valence-electron chi connectivity index (χ3n) is 10.5. The van der Waals surface area contributed by atoms with E-state index < -0.39 is 0 Å². The SMILES string of the molecule is CCCCCCCCCCCC[S+](CCCCCCCCCCCC)CC(=O)C12CC3CC(CC(C3)C1)C2. The molecule has 0 saturated heterocycles. The maximum Gasteiger partial charge on any atom is 0.187 e. The fourth-order valence-corrected chi connectivity index (χ4v) is 11.0. The van der Waals surface area contributed by atoms with Crippen molar-refractivity contribution in [2.75, 3.05) is 17.3 Å². The maximum atomic E-state index is 13.9. The second-order valence-electron chi connectivity index (χ2n) is 14.1. The second kappa shape index (κ2) is 19.2. The van der Waals surface area contributed by atoms with Crippen molar-refractivity contribution >= 4 is 16.7 Å². The molecule has 0 amide bonds. The highest BCUT2D eigenvalue weighted by atomic mass is 32.2. The van der Waals surface area contributed by atoms with Gasteiger partial charge in [0.2, 0.25) is 0 Å². The van der Waals surface area contributed by atoms with E-state index >= 15 is 0 Å². The summed E-state index contributed by atoms with van der Waals surface area (Å²) in [5.41, 5.74) is 0.134. The largest absolute Gasteiger partial charge is 0.294 e. The van der Waals surface area contributed by atoms with Gasteiger partial charge in [0, 0.05) is 5.41 Å². The molecular weight excluding hydrogens is 480 g/mol. The molecule has 0 unspecified atom stereocenters. The first kappa shape index (κ1) is 32.5. The molecule has 4 rings (SSSR count). The molecule has 4 bridgehead atoms. The van der Waals surface area contributed by atoms with Gasteiger partial charge in [0.05, 0.1) is 0 Å². The van der Waals surface area contributed by atoms with Crippen LogP contribution in [0.25, 0.3) is 0 Å². The minimum absolute atomic E-state index is 0.134. The molecule has 0 radical (unpaired) electrons. The van der Waals surface area contributed by atoms with E-state index in [1.165, 1.54) is 178 Å². The van der Waals surface area contributed by atoms with Crippen LogP contribution in [-0.4, -0.2) is 23.0 Å². The zero-order chi connectivity index (χ0) is 26.9. The lowest BCUT2D eigenvalue weighted by atomic mass is 9.48. The van der Waals surface area contributed by atoms with E-state index in [9.17, 15) is 4.79 Å². The van der Waals surface area contributed by atoms with E-state index in [1.54, 1.807) is 0 Å². The normalized spacial score (nSPS) is 26.0. The minimum atomic E-state index is 0.134. The molecule has 0 aliphatic heterocycles. The van der Waals surface area contributed by atoms with Gasteiger partial charge in [-0.2, -0.15) is 0 Å².